The van der Waals surface area contributed by atoms with E-state index in [0.717, 1.165) is 19.3 Å². The van der Waals surface area contributed by atoms with Gasteiger partial charge in [-0.25, -0.2) is 0 Å². The van der Waals surface area contributed by atoms with Gasteiger partial charge in [0.05, 0.1) is 16.7 Å². The standard InChI is InChI=1S/C13H15N3O4/c1-13(3-2-4-13)15-8-5-9-11(6-10(8)16(18)19)20-7-12(17)14-9/h5-6,15H,2-4,7H2,1H3,(H,14,17). The second-order valence-corrected chi connectivity index (χ2v) is 5.50. The molecule has 1 saturated carbocycles. The first-order valence-electron chi connectivity index (χ1n) is 6.50. The Kier molecular flexibility index (Phi) is 2.77. The number of ether oxygens (including phenoxy) is 1. The lowest BCUT2D eigenvalue weighted by molar-refractivity contribution is -0.384. The lowest BCUT2D eigenvalue weighted by Crippen LogP contribution is -2.41. The predicted octanol–water partition coefficient (Wildman–Crippen LogP) is 2.28. The second kappa shape index (κ2) is 4.36. The number of amides is 1. The maximum absolute atomic E-state index is 11.3. The molecule has 0 radical (unpaired) electrons. The van der Waals surface area contributed by atoms with Crippen molar-refractivity contribution in [2.24, 2.45) is 0 Å². The Labute approximate surface area is 115 Å². The van der Waals surface area contributed by atoms with Crippen molar-refractivity contribution in [2.75, 3.05) is 17.2 Å². The lowest BCUT2D eigenvalue weighted by atomic mass is 9.78. The van der Waals surface area contributed by atoms with Crippen molar-refractivity contribution in [1.29, 1.82) is 0 Å². The van der Waals surface area contributed by atoms with Gasteiger partial charge in [0.1, 0.15) is 5.69 Å². The summed E-state index contributed by atoms with van der Waals surface area (Å²) in [6.07, 6.45) is 3.07. The molecule has 1 amide bonds. The normalized spacial score (nSPS) is 19.1. The fourth-order valence-corrected chi connectivity index (χ4v) is 2.52. The van der Waals surface area contributed by atoms with Gasteiger partial charge in [-0.05, 0) is 32.3 Å². The molecule has 1 aromatic rings. The Morgan fingerprint density at radius 3 is 2.80 bits per heavy atom. The summed E-state index contributed by atoms with van der Waals surface area (Å²) in [6.45, 7) is 1.92. The minimum Gasteiger partial charge on any atom is -0.481 e. The van der Waals surface area contributed by atoms with Crippen molar-refractivity contribution in [3.63, 3.8) is 0 Å². The van der Waals surface area contributed by atoms with E-state index >= 15 is 0 Å². The quantitative estimate of drug-likeness (QED) is 0.653. The maximum atomic E-state index is 11.3. The van der Waals surface area contributed by atoms with Crippen molar-refractivity contribution in [3.8, 4) is 5.75 Å². The van der Waals surface area contributed by atoms with Crippen LogP contribution >= 0.6 is 0 Å². The number of hydrogen-bond donors (Lipinski definition) is 2. The third-order valence-electron chi connectivity index (χ3n) is 3.82. The zero-order valence-corrected chi connectivity index (χ0v) is 11.1. The van der Waals surface area contributed by atoms with Crippen LogP contribution in [-0.4, -0.2) is 23.0 Å². The third-order valence-corrected chi connectivity index (χ3v) is 3.82. The molecular weight excluding hydrogens is 262 g/mol. The van der Waals surface area contributed by atoms with Gasteiger partial charge in [0.15, 0.2) is 12.4 Å². The van der Waals surface area contributed by atoms with Gasteiger partial charge in [0, 0.05) is 5.54 Å². The Balaban J connectivity index is 2.00. The first-order chi connectivity index (χ1) is 9.47. The molecular formula is C13H15N3O4. The molecule has 7 heteroatoms. The molecule has 0 bridgehead atoms. The van der Waals surface area contributed by atoms with E-state index < -0.39 is 4.92 Å². The van der Waals surface area contributed by atoms with Gasteiger partial charge in [0.25, 0.3) is 11.6 Å². The van der Waals surface area contributed by atoms with Crippen LogP contribution in [0.25, 0.3) is 0 Å². The van der Waals surface area contributed by atoms with E-state index in [0.29, 0.717) is 17.1 Å². The van der Waals surface area contributed by atoms with Gasteiger partial charge in [0.2, 0.25) is 0 Å². The van der Waals surface area contributed by atoms with Crippen LogP contribution < -0.4 is 15.4 Å². The van der Waals surface area contributed by atoms with Crippen LogP contribution in [0, 0.1) is 10.1 Å². The van der Waals surface area contributed by atoms with Gasteiger partial charge in [-0.15, -0.1) is 0 Å². The lowest BCUT2D eigenvalue weighted by Gasteiger charge is -2.40. The predicted molar refractivity (Wildman–Crippen MR) is 73.1 cm³/mol. The van der Waals surface area contributed by atoms with Crippen molar-refractivity contribution in [2.45, 2.75) is 31.7 Å². The number of carbonyl (C=O) groups excluding carboxylic acids is 1. The first kappa shape index (κ1) is 12.7. The average molecular weight is 277 g/mol. The Morgan fingerprint density at radius 1 is 1.45 bits per heavy atom. The molecule has 1 aliphatic heterocycles. The molecule has 1 heterocycles. The molecule has 0 aromatic heterocycles. The average Bonchev–Trinajstić information content (AvgIpc) is 2.35. The van der Waals surface area contributed by atoms with Crippen molar-refractivity contribution in [1.82, 2.24) is 0 Å². The molecule has 2 N–H and O–H groups in total. The fraction of sp³-hybridized carbons (Fsp3) is 0.462. The van der Waals surface area contributed by atoms with Crippen molar-refractivity contribution < 1.29 is 14.5 Å². The maximum Gasteiger partial charge on any atom is 0.296 e. The first-order valence-corrected chi connectivity index (χ1v) is 6.50. The zero-order chi connectivity index (χ0) is 14.3. The number of rotatable bonds is 3. The van der Waals surface area contributed by atoms with E-state index in [9.17, 15) is 14.9 Å². The summed E-state index contributed by atoms with van der Waals surface area (Å²) in [5, 5.41) is 17.1. The molecule has 1 aromatic carbocycles. The second-order valence-electron chi connectivity index (χ2n) is 5.50. The summed E-state index contributed by atoms with van der Waals surface area (Å²) in [4.78, 5) is 22.1. The number of fused-ring (bicyclic) bond motifs is 1. The molecule has 0 unspecified atom stereocenters. The van der Waals surface area contributed by atoms with Crippen LogP contribution in [-0.2, 0) is 4.79 Å². The third kappa shape index (κ3) is 2.15. The molecule has 0 atom stereocenters. The van der Waals surface area contributed by atoms with Gasteiger partial charge >= 0.3 is 0 Å². The monoisotopic (exact) mass is 277 g/mol. The fourth-order valence-electron chi connectivity index (χ4n) is 2.52. The highest BCUT2D eigenvalue weighted by molar-refractivity contribution is 5.96. The summed E-state index contributed by atoms with van der Waals surface area (Å²) < 4.78 is 5.21. The zero-order valence-electron chi connectivity index (χ0n) is 11.1. The highest BCUT2D eigenvalue weighted by atomic mass is 16.6. The number of nitro benzene ring substituents is 1. The summed E-state index contributed by atoms with van der Waals surface area (Å²) in [5.41, 5.74) is 0.741. The number of hydrogen-bond acceptors (Lipinski definition) is 5. The van der Waals surface area contributed by atoms with Crippen LogP contribution in [0.5, 0.6) is 5.75 Å². The largest absolute Gasteiger partial charge is 0.481 e. The molecule has 1 aliphatic carbocycles. The van der Waals surface area contributed by atoms with E-state index in [1.54, 1.807) is 6.07 Å². The van der Waals surface area contributed by atoms with Gasteiger partial charge in [-0.1, -0.05) is 0 Å². The molecule has 1 fully saturated rings. The summed E-state index contributed by atoms with van der Waals surface area (Å²) >= 11 is 0. The smallest absolute Gasteiger partial charge is 0.296 e. The Bertz CT molecular complexity index is 596. The Hall–Kier alpha value is -2.31. The number of nitro groups is 1. The van der Waals surface area contributed by atoms with E-state index in [1.807, 2.05) is 6.92 Å². The van der Waals surface area contributed by atoms with Crippen LogP contribution in [0.3, 0.4) is 0 Å². The van der Waals surface area contributed by atoms with Crippen molar-refractivity contribution in [3.05, 3.63) is 22.2 Å². The highest BCUT2D eigenvalue weighted by Gasteiger charge is 2.34. The van der Waals surface area contributed by atoms with E-state index in [2.05, 4.69) is 10.6 Å². The number of carbonyl (C=O) groups is 1. The summed E-state index contributed by atoms with van der Waals surface area (Å²) in [5.74, 6) is 0.0766. The van der Waals surface area contributed by atoms with Crippen LogP contribution in [0.2, 0.25) is 0 Å². The van der Waals surface area contributed by atoms with Gasteiger partial charge < -0.3 is 15.4 Å². The molecule has 20 heavy (non-hydrogen) atoms. The van der Waals surface area contributed by atoms with E-state index in [4.69, 9.17) is 4.74 Å². The molecule has 106 valence electrons. The van der Waals surface area contributed by atoms with Gasteiger partial charge in [-0.2, -0.15) is 0 Å². The van der Waals surface area contributed by atoms with Crippen molar-refractivity contribution >= 4 is 23.0 Å². The van der Waals surface area contributed by atoms with Gasteiger partial charge in [-0.3, -0.25) is 14.9 Å². The summed E-state index contributed by atoms with van der Waals surface area (Å²) in [6, 6.07) is 2.94. The highest BCUT2D eigenvalue weighted by Crippen LogP contribution is 2.42. The number of nitrogens with one attached hydrogen (secondary N) is 2. The van der Waals surface area contributed by atoms with Crippen LogP contribution in [0.15, 0.2) is 12.1 Å². The number of benzene rings is 1. The SMILES string of the molecule is CC1(Nc2cc3c(cc2[N+](=O)[O-])OCC(=O)N3)CCC1. The molecule has 0 saturated heterocycles. The number of nitrogens with zero attached hydrogens (tertiary/aromatic N) is 1. The molecule has 3 rings (SSSR count). The molecule has 7 nitrogen and oxygen atoms in total. The van der Waals surface area contributed by atoms with Crippen LogP contribution in [0.1, 0.15) is 26.2 Å². The van der Waals surface area contributed by atoms with Crippen LogP contribution in [0.4, 0.5) is 17.1 Å². The molecule has 2 aliphatic rings. The Morgan fingerprint density at radius 2 is 2.20 bits per heavy atom. The van der Waals surface area contributed by atoms with E-state index in [1.165, 1.54) is 6.07 Å². The minimum atomic E-state index is -0.440. The topological polar surface area (TPSA) is 93.5 Å². The minimum absolute atomic E-state index is 0.0342. The summed E-state index contributed by atoms with van der Waals surface area (Å²) in [7, 11) is 0. The molecule has 0 spiro atoms. The van der Waals surface area contributed by atoms with E-state index in [-0.39, 0.29) is 23.7 Å². The number of anilines is 2.